The van der Waals surface area contributed by atoms with Gasteiger partial charge in [-0.15, -0.1) is 0 Å². The first kappa shape index (κ1) is 23.6. The third-order valence-electron chi connectivity index (χ3n) is 6.68. The molecule has 0 radical (unpaired) electrons. The van der Waals surface area contributed by atoms with Gasteiger partial charge >= 0.3 is 0 Å². The molecule has 0 saturated carbocycles. The minimum Gasteiger partial charge on any atom is -0.497 e. The minimum atomic E-state index is -3.52. The van der Waals surface area contributed by atoms with E-state index < -0.39 is 10.0 Å². The van der Waals surface area contributed by atoms with Gasteiger partial charge in [0, 0.05) is 43.6 Å². The lowest BCUT2D eigenvalue weighted by atomic mass is 9.92. The average molecular weight is 494 g/mol. The number of piperazine rings is 1. The molecule has 1 saturated heterocycles. The van der Waals surface area contributed by atoms with Crippen LogP contribution in [0.25, 0.3) is 0 Å². The maximum absolute atomic E-state index is 13.3. The number of hydrogen-bond donors (Lipinski definition) is 1. The van der Waals surface area contributed by atoms with Crippen LogP contribution in [0.2, 0.25) is 0 Å². The maximum atomic E-state index is 13.3. The number of rotatable bonds is 6. The van der Waals surface area contributed by atoms with Crippen LogP contribution in [0.1, 0.15) is 29.7 Å². The molecule has 2 aromatic carbocycles. The van der Waals surface area contributed by atoms with E-state index in [1.807, 2.05) is 54.3 Å². The van der Waals surface area contributed by atoms with Crippen LogP contribution in [-0.4, -0.2) is 56.0 Å². The fourth-order valence-corrected chi connectivity index (χ4v) is 6.20. The van der Waals surface area contributed by atoms with Crippen molar-refractivity contribution in [3.8, 4) is 5.75 Å². The number of sulfonamides is 1. The van der Waals surface area contributed by atoms with Crippen molar-refractivity contribution in [1.29, 1.82) is 0 Å². The Bertz CT molecular complexity index is 1300. The molecule has 2 aliphatic rings. The van der Waals surface area contributed by atoms with Crippen LogP contribution in [0.15, 0.2) is 53.4 Å². The number of nitrogens with one attached hydrogen (secondary N) is 1. The summed E-state index contributed by atoms with van der Waals surface area (Å²) in [6.45, 7) is 3.81. The normalized spacial score (nSPS) is 16.6. The van der Waals surface area contributed by atoms with Gasteiger partial charge in [-0.2, -0.15) is 9.29 Å². The van der Waals surface area contributed by atoms with E-state index in [0.29, 0.717) is 42.8 Å². The molecule has 0 amide bonds. The molecule has 8 nitrogen and oxygen atoms in total. The lowest BCUT2D eigenvalue weighted by Crippen LogP contribution is -2.49. The molecule has 1 aromatic heterocycles. The Morgan fingerprint density at radius 3 is 2.31 bits per heavy atom. The molecular formula is C26H31N5O3S. The van der Waals surface area contributed by atoms with E-state index in [1.54, 1.807) is 17.5 Å². The summed E-state index contributed by atoms with van der Waals surface area (Å²) in [7, 11) is -1.88. The van der Waals surface area contributed by atoms with Crippen LogP contribution in [0.5, 0.6) is 5.75 Å². The van der Waals surface area contributed by atoms with Crippen molar-refractivity contribution in [2.24, 2.45) is 0 Å². The van der Waals surface area contributed by atoms with Crippen molar-refractivity contribution in [1.82, 2.24) is 14.3 Å². The van der Waals surface area contributed by atoms with E-state index in [9.17, 15) is 8.42 Å². The summed E-state index contributed by atoms with van der Waals surface area (Å²) >= 11 is 0. The number of ether oxygens (including phenoxy) is 1. The Labute approximate surface area is 207 Å². The predicted octanol–water partition coefficient (Wildman–Crippen LogP) is 3.93. The third kappa shape index (κ3) is 5.11. The predicted molar refractivity (Wildman–Crippen MR) is 137 cm³/mol. The highest BCUT2D eigenvalue weighted by atomic mass is 32.2. The molecule has 1 aliphatic heterocycles. The second kappa shape index (κ2) is 9.83. The van der Waals surface area contributed by atoms with Crippen LogP contribution in [0.3, 0.4) is 0 Å². The average Bonchev–Trinajstić information content (AvgIpc) is 2.88. The molecule has 184 valence electrons. The number of aryl methyl sites for hydroxylation is 3. The maximum Gasteiger partial charge on any atom is 0.243 e. The van der Waals surface area contributed by atoms with Crippen LogP contribution < -0.4 is 15.0 Å². The standard InChI is InChI=1S/C26H31N5O3S/c1-19-17-25(28-22-8-10-23(34-2)11-9-22)29-26(27-19)30-13-15-31(16-14-30)35(32,33)24-12-7-20-5-3-4-6-21(20)18-24/h7-12,17-18H,3-6,13-16H2,1-2H3,(H,27,28,29). The van der Waals surface area contributed by atoms with Gasteiger partial charge in [0.25, 0.3) is 0 Å². The number of fused-ring (bicyclic) bond motifs is 1. The third-order valence-corrected chi connectivity index (χ3v) is 8.58. The monoisotopic (exact) mass is 493 g/mol. The summed E-state index contributed by atoms with van der Waals surface area (Å²) < 4.78 is 33.5. The molecule has 1 aliphatic carbocycles. The number of hydrogen-bond acceptors (Lipinski definition) is 7. The van der Waals surface area contributed by atoms with Crippen LogP contribution in [0, 0.1) is 6.92 Å². The van der Waals surface area contributed by atoms with E-state index in [1.165, 1.54) is 17.5 Å². The molecule has 1 N–H and O–H groups in total. The molecular weight excluding hydrogens is 462 g/mol. The van der Waals surface area contributed by atoms with E-state index in [0.717, 1.165) is 36.4 Å². The summed E-state index contributed by atoms with van der Waals surface area (Å²) in [4.78, 5) is 11.8. The molecule has 3 aromatic rings. The van der Waals surface area contributed by atoms with Gasteiger partial charge < -0.3 is 15.0 Å². The zero-order chi connectivity index (χ0) is 24.4. The Hall–Kier alpha value is -3.17. The number of methoxy groups -OCH3 is 1. The zero-order valence-electron chi connectivity index (χ0n) is 20.2. The second-order valence-corrected chi connectivity index (χ2v) is 11.0. The Morgan fingerprint density at radius 2 is 1.60 bits per heavy atom. The first-order chi connectivity index (χ1) is 16.9. The van der Waals surface area contributed by atoms with E-state index in [2.05, 4.69) is 10.3 Å². The fourth-order valence-electron chi connectivity index (χ4n) is 4.73. The van der Waals surface area contributed by atoms with Crippen LogP contribution in [-0.2, 0) is 22.9 Å². The molecule has 0 bridgehead atoms. The molecule has 1 fully saturated rings. The molecule has 5 rings (SSSR count). The fraction of sp³-hybridized carbons (Fsp3) is 0.385. The van der Waals surface area contributed by atoms with Crippen LogP contribution >= 0.6 is 0 Å². The second-order valence-electron chi connectivity index (χ2n) is 9.08. The van der Waals surface area contributed by atoms with E-state index in [4.69, 9.17) is 9.72 Å². The SMILES string of the molecule is COc1ccc(Nc2cc(C)nc(N3CCN(S(=O)(=O)c4ccc5c(c4)CCCC5)CC3)n2)cc1. The highest BCUT2D eigenvalue weighted by Gasteiger charge is 2.30. The van der Waals surface area contributed by atoms with Crippen molar-refractivity contribution in [3.63, 3.8) is 0 Å². The van der Waals surface area contributed by atoms with Gasteiger partial charge in [0.15, 0.2) is 0 Å². The quantitative estimate of drug-likeness (QED) is 0.557. The van der Waals surface area contributed by atoms with Gasteiger partial charge in [-0.1, -0.05) is 6.07 Å². The first-order valence-corrected chi connectivity index (χ1v) is 13.5. The first-order valence-electron chi connectivity index (χ1n) is 12.1. The highest BCUT2D eigenvalue weighted by Crippen LogP contribution is 2.27. The van der Waals surface area contributed by atoms with Gasteiger partial charge in [-0.25, -0.2) is 13.4 Å². The lowest BCUT2D eigenvalue weighted by Gasteiger charge is -2.34. The summed E-state index contributed by atoms with van der Waals surface area (Å²) in [5.74, 6) is 2.09. The minimum absolute atomic E-state index is 0.401. The Morgan fingerprint density at radius 1 is 0.886 bits per heavy atom. The highest BCUT2D eigenvalue weighted by molar-refractivity contribution is 7.89. The van der Waals surface area contributed by atoms with Crippen molar-refractivity contribution >= 4 is 27.5 Å². The number of aromatic nitrogens is 2. The van der Waals surface area contributed by atoms with Gasteiger partial charge in [0.1, 0.15) is 11.6 Å². The summed E-state index contributed by atoms with van der Waals surface area (Å²) in [6.07, 6.45) is 4.31. The Kier molecular flexibility index (Phi) is 6.62. The van der Waals surface area contributed by atoms with Gasteiger partial charge in [0.2, 0.25) is 16.0 Å². The smallest absolute Gasteiger partial charge is 0.243 e. The number of nitrogens with zero attached hydrogens (tertiary/aromatic N) is 4. The number of benzene rings is 2. The van der Waals surface area contributed by atoms with Crippen molar-refractivity contribution in [2.45, 2.75) is 37.5 Å². The molecule has 0 spiro atoms. The molecule has 9 heteroatoms. The molecule has 2 heterocycles. The summed E-state index contributed by atoms with van der Waals surface area (Å²) in [6, 6.07) is 15.2. The van der Waals surface area contributed by atoms with Crippen LogP contribution in [0.4, 0.5) is 17.5 Å². The van der Waals surface area contributed by atoms with Gasteiger partial charge in [0.05, 0.1) is 12.0 Å². The molecule has 0 unspecified atom stereocenters. The summed E-state index contributed by atoms with van der Waals surface area (Å²) in [5, 5.41) is 3.32. The lowest BCUT2D eigenvalue weighted by molar-refractivity contribution is 0.382. The summed E-state index contributed by atoms with van der Waals surface area (Å²) in [5.41, 5.74) is 4.21. The van der Waals surface area contributed by atoms with E-state index >= 15 is 0 Å². The van der Waals surface area contributed by atoms with Gasteiger partial charge in [-0.05, 0) is 80.1 Å². The van der Waals surface area contributed by atoms with Gasteiger partial charge in [-0.3, -0.25) is 0 Å². The number of anilines is 3. The zero-order valence-corrected chi connectivity index (χ0v) is 21.0. The van der Waals surface area contributed by atoms with Crippen molar-refractivity contribution < 1.29 is 13.2 Å². The topological polar surface area (TPSA) is 87.7 Å². The largest absolute Gasteiger partial charge is 0.497 e. The Balaban J connectivity index is 1.27. The van der Waals surface area contributed by atoms with Crippen molar-refractivity contribution in [3.05, 3.63) is 65.4 Å². The molecule has 0 atom stereocenters. The molecule has 35 heavy (non-hydrogen) atoms. The van der Waals surface area contributed by atoms with Crippen molar-refractivity contribution in [2.75, 3.05) is 43.5 Å². The van der Waals surface area contributed by atoms with E-state index in [-0.39, 0.29) is 0 Å².